The highest BCUT2D eigenvalue weighted by molar-refractivity contribution is 5.94. The van der Waals surface area contributed by atoms with Crippen LogP contribution in [0.4, 0.5) is 0 Å². The second kappa shape index (κ2) is 11.3. The standard InChI is InChI=1S/C26H34N6O3/c1-18(2)15-21(28-26(33)19-8-6-11-27-16-19)25-30-29-23-10-12-31(13-14-32(23)25)17-20-7-5-9-22(34-3)24(20)35-4/h5-9,11,16,18,21H,10,12-15,17H2,1-4H3,(H,28,33)/t21-/m0/s1. The second-order valence-electron chi connectivity index (χ2n) is 9.20. The molecule has 1 aliphatic rings. The van der Waals surface area contributed by atoms with Crippen LogP contribution in [0.5, 0.6) is 11.5 Å². The van der Waals surface area contributed by atoms with Crippen LogP contribution >= 0.6 is 0 Å². The van der Waals surface area contributed by atoms with Crippen molar-refractivity contribution < 1.29 is 14.3 Å². The average molecular weight is 479 g/mol. The summed E-state index contributed by atoms with van der Waals surface area (Å²) in [5.41, 5.74) is 1.63. The molecule has 1 atom stereocenters. The van der Waals surface area contributed by atoms with Gasteiger partial charge in [0.1, 0.15) is 5.82 Å². The summed E-state index contributed by atoms with van der Waals surface area (Å²) in [7, 11) is 3.33. The number of hydrogen-bond acceptors (Lipinski definition) is 7. The Kier molecular flexibility index (Phi) is 7.97. The van der Waals surface area contributed by atoms with Crippen molar-refractivity contribution in [3.05, 3.63) is 65.5 Å². The minimum atomic E-state index is -0.228. The third-order valence-electron chi connectivity index (χ3n) is 6.27. The number of aromatic nitrogens is 4. The van der Waals surface area contributed by atoms with E-state index in [0.717, 1.165) is 67.7 Å². The highest BCUT2D eigenvalue weighted by Crippen LogP contribution is 2.32. The van der Waals surface area contributed by atoms with Gasteiger partial charge in [-0.15, -0.1) is 10.2 Å². The first-order chi connectivity index (χ1) is 17.0. The fraction of sp³-hybridized carbons (Fsp3) is 0.462. The molecule has 0 saturated heterocycles. The van der Waals surface area contributed by atoms with Crippen molar-refractivity contribution in [1.29, 1.82) is 0 Å². The van der Waals surface area contributed by atoms with E-state index < -0.39 is 0 Å². The Balaban J connectivity index is 1.51. The van der Waals surface area contributed by atoms with E-state index in [-0.39, 0.29) is 11.9 Å². The summed E-state index contributed by atoms with van der Waals surface area (Å²) in [4.78, 5) is 19.4. The van der Waals surface area contributed by atoms with E-state index in [1.54, 1.807) is 38.7 Å². The molecular formula is C26H34N6O3. The third-order valence-corrected chi connectivity index (χ3v) is 6.27. The van der Waals surface area contributed by atoms with E-state index >= 15 is 0 Å². The van der Waals surface area contributed by atoms with E-state index in [2.05, 4.69) is 49.9 Å². The molecule has 1 N–H and O–H groups in total. The number of carbonyl (C=O) groups is 1. The molecule has 0 unspecified atom stereocenters. The molecule has 4 rings (SSSR count). The molecule has 1 aromatic carbocycles. The molecule has 9 nitrogen and oxygen atoms in total. The molecule has 3 aromatic rings. The number of carbonyl (C=O) groups excluding carboxylic acids is 1. The van der Waals surface area contributed by atoms with E-state index in [9.17, 15) is 4.79 Å². The Hall–Kier alpha value is -3.46. The Morgan fingerprint density at radius 3 is 2.66 bits per heavy atom. The predicted molar refractivity (Wildman–Crippen MR) is 132 cm³/mol. The van der Waals surface area contributed by atoms with Crippen LogP contribution in [0.1, 0.15) is 53.9 Å². The van der Waals surface area contributed by atoms with Crippen molar-refractivity contribution in [2.24, 2.45) is 5.92 Å². The van der Waals surface area contributed by atoms with E-state index in [0.29, 0.717) is 11.5 Å². The number of rotatable bonds is 9. The monoisotopic (exact) mass is 478 g/mol. The number of benzene rings is 1. The molecule has 1 amide bonds. The van der Waals surface area contributed by atoms with Crippen molar-refractivity contribution in [3.63, 3.8) is 0 Å². The zero-order chi connectivity index (χ0) is 24.8. The number of pyridine rings is 1. The van der Waals surface area contributed by atoms with Gasteiger partial charge in [0.25, 0.3) is 5.91 Å². The molecular weight excluding hydrogens is 444 g/mol. The van der Waals surface area contributed by atoms with E-state index in [1.807, 2.05) is 12.1 Å². The molecule has 0 aliphatic carbocycles. The van der Waals surface area contributed by atoms with Gasteiger partial charge in [0.05, 0.1) is 25.8 Å². The summed E-state index contributed by atoms with van der Waals surface area (Å²) in [5, 5.41) is 12.2. The first-order valence-electron chi connectivity index (χ1n) is 12.0. The molecule has 0 radical (unpaired) electrons. The minimum Gasteiger partial charge on any atom is -0.493 e. The summed E-state index contributed by atoms with van der Waals surface area (Å²) in [5.74, 6) is 3.50. The quantitative estimate of drug-likeness (QED) is 0.504. The number of para-hydroxylation sites is 1. The Bertz CT molecular complexity index is 1130. The first-order valence-corrected chi connectivity index (χ1v) is 12.0. The van der Waals surface area contributed by atoms with Crippen LogP contribution in [0.25, 0.3) is 0 Å². The molecule has 0 bridgehead atoms. The largest absolute Gasteiger partial charge is 0.493 e. The van der Waals surface area contributed by atoms with Crippen LogP contribution in [-0.4, -0.2) is 57.9 Å². The van der Waals surface area contributed by atoms with Crippen molar-refractivity contribution in [2.45, 2.75) is 45.8 Å². The Morgan fingerprint density at radius 2 is 1.94 bits per heavy atom. The number of nitrogens with one attached hydrogen (secondary N) is 1. The van der Waals surface area contributed by atoms with Gasteiger partial charge in [-0.25, -0.2) is 0 Å². The van der Waals surface area contributed by atoms with Gasteiger partial charge >= 0.3 is 0 Å². The van der Waals surface area contributed by atoms with Gasteiger partial charge in [-0.2, -0.15) is 0 Å². The maximum Gasteiger partial charge on any atom is 0.253 e. The Labute approximate surface area is 206 Å². The summed E-state index contributed by atoms with van der Waals surface area (Å²) < 4.78 is 13.3. The molecule has 0 fully saturated rings. The molecule has 186 valence electrons. The summed E-state index contributed by atoms with van der Waals surface area (Å²) in [6, 6.07) is 9.28. The maximum absolute atomic E-state index is 12.9. The van der Waals surface area contributed by atoms with Crippen molar-refractivity contribution in [1.82, 2.24) is 30.0 Å². The second-order valence-corrected chi connectivity index (χ2v) is 9.20. The minimum absolute atomic E-state index is 0.151. The molecule has 9 heteroatoms. The van der Waals surface area contributed by atoms with Gasteiger partial charge in [-0.3, -0.25) is 14.7 Å². The zero-order valence-corrected chi connectivity index (χ0v) is 20.9. The molecule has 3 heterocycles. The predicted octanol–water partition coefficient (Wildman–Crippen LogP) is 3.27. The van der Waals surface area contributed by atoms with Crippen LogP contribution in [0.15, 0.2) is 42.7 Å². The lowest BCUT2D eigenvalue weighted by Gasteiger charge is -2.23. The number of hydrogen-bond donors (Lipinski definition) is 1. The highest BCUT2D eigenvalue weighted by atomic mass is 16.5. The van der Waals surface area contributed by atoms with Crippen molar-refractivity contribution >= 4 is 5.91 Å². The number of fused-ring (bicyclic) bond motifs is 1. The molecule has 35 heavy (non-hydrogen) atoms. The fourth-order valence-electron chi connectivity index (χ4n) is 4.56. The van der Waals surface area contributed by atoms with Gasteiger partial charge in [0, 0.05) is 50.6 Å². The smallest absolute Gasteiger partial charge is 0.253 e. The lowest BCUT2D eigenvalue weighted by atomic mass is 10.0. The van der Waals surface area contributed by atoms with Crippen LogP contribution in [0.3, 0.4) is 0 Å². The van der Waals surface area contributed by atoms with Crippen molar-refractivity contribution in [2.75, 3.05) is 27.3 Å². The lowest BCUT2D eigenvalue weighted by molar-refractivity contribution is 0.0928. The summed E-state index contributed by atoms with van der Waals surface area (Å²) >= 11 is 0. The molecule has 2 aromatic heterocycles. The topological polar surface area (TPSA) is 94.4 Å². The van der Waals surface area contributed by atoms with Gasteiger partial charge in [-0.05, 0) is 30.5 Å². The van der Waals surface area contributed by atoms with Gasteiger partial charge < -0.3 is 19.4 Å². The van der Waals surface area contributed by atoms with Gasteiger partial charge in [0.15, 0.2) is 17.3 Å². The fourth-order valence-corrected chi connectivity index (χ4v) is 4.56. The van der Waals surface area contributed by atoms with Crippen LogP contribution < -0.4 is 14.8 Å². The third kappa shape index (κ3) is 5.79. The lowest BCUT2D eigenvalue weighted by Crippen LogP contribution is -2.32. The number of nitrogens with zero attached hydrogens (tertiary/aromatic N) is 5. The average Bonchev–Trinajstić information content (AvgIpc) is 3.17. The van der Waals surface area contributed by atoms with E-state index in [4.69, 9.17) is 9.47 Å². The summed E-state index contributed by atoms with van der Waals surface area (Å²) in [6.07, 6.45) is 4.80. The number of methoxy groups -OCH3 is 2. The first kappa shape index (κ1) is 24.7. The molecule has 0 spiro atoms. The molecule has 0 saturated carbocycles. The Morgan fingerprint density at radius 1 is 1.09 bits per heavy atom. The van der Waals surface area contributed by atoms with Crippen LogP contribution in [-0.2, 0) is 19.5 Å². The normalized spacial score (nSPS) is 14.8. The molecule has 1 aliphatic heterocycles. The van der Waals surface area contributed by atoms with Gasteiger partial charge in [0.2, 0.25) is 0 Å². The summed E-state index contributed by atoms with van der Waals surface area (Å²) in [6.45, 7) is 7.49. The maximum atomic E-state index is 12.9. The van der Waals surface area contributed by atoms with Crippen LogP contribution in [0, 0.1) is 5.92 Å². The number of ether oxygens (including phenoxy) is 2. The van der Waals surface area contributed by atoms with Gasteiger partial charge in [-0.1, -0.05) is 26.0 Å². The zero-order valence-electron chi connectivity index (χ0n) is 20.9. The van der Waals surface area contributed by atoms with Crippen LogP contribution in [0.2, 0.25) is 0 Å². The van der Waals surface area contributed by atoms with Crippen molar-refractivity contribution in [3.8, 4) is 11.5 Å². The SMILES string of the molecule is COc1cccc(CN2CCc3nnc([C@H](CC(C)C)NC(=O)c4cccnc4)n3CC2)c1OC. The van der Waals surface area contributed by atoms with E-state index in [1.165, 1.54) is 0 Å². The number of amides is 1. The highest BCUT2D eigenvalue weighted by Gasteiger charge is 2.27.